The molecule has 0 bridgehead atoms. The van der Waals surface area contributed by atoms with Crippen LogP contribution in [0.2, 0.25) is 0 Å². The van der Waals surface area contributed by atoms with E-state index in [9.17, 15) is 13.2 Å². The van der Waals surface area contributed by atoms with Crippen molar-refractivity contribution in [1.29, 1.82) is 0 Å². The molecular weight excluding hydrogens is 408 g/mol. The van der Waals surface area contributed by atoms with Gasteiger partial charge in [0.05, 0.1) is 10.6 Å². The minimum absolute atomic E-state index is 0.0600. The van der Waals surface area contributed by atoms with E-state index in [1.165, 1.54) is 12.8 Å². The Morgan fingerprint density at radius 2 is 1.68 bits per heavy atom. The van der Waals surface area contributed by atoms with E-state index in [2.05, 4.69) is 5.32 Å². The summed E-state index contributed by atoms with van der Waals surface area (Å²) < 4.78 is 28.2. The second-order valence-electron chi connectivity index (χ2n) is 8.64. The smallest absolute Gasteiger partial charge is 0.240 e. The number of sulfone groups is 1. The van der Waals surface area contributed by atoms with Gasteiger partial charge in [-0.15, -0.1) is 0 Å². The van der Waals surface area contributed by atoms with E-state index in [4.69, 9.17) is 0 Å². The van der Waals surface area contributed by atoms with Crippen molar-refractivity contribution in [3.63, 3.8) is 0 Å². The Bertz CT molecular complexity index is 1160. The molecule has 0 atom stereocenters. The molecule has 0 spiro atoms. The molecule has 0 aliphatic heterocycles. The topological polar surface area (TPSA) is 68.2 Å². The number of hydrogen-bond donors (Lipinski definition) is 1. The van der Waals surface area contributed by atoms with Crippen LogP contribution in [0.1, 0.15) is 49.7 Å². The molecule has 3 aromatic rings. The van der Waals surface area contributed by atoms with Crippen LogP contribution in [0.25, 0.3) is 10.9 Å². The highest BCUT2D eigenvalue weighted by atomic mass is 32.2. The van der Waals surface area contributed by atoms with Gasteiger partial charge in [0.15, 0.2) is 9.84 Å². The Hall–Kier alpha value is -2.60. The van der Waals surface area contributed by atoms with Crippen molar-refractivity contribution >= 4 is 26.6 Å². The predicted octanol–water partition coefficient (Wildman–Crippen LogP) is 4.76. The number of carbonyl (C=O) groups is 1. The third-order valence-electron chi connectivity index (χ3n) is 6.10. The van der Waals surface area contributed by atoms with Crippen LogP contribution in [0.5, 0.6) is 0 Å². The van der Waals surface area contributed by atoms with Crippen molar-refractivity contribution in [2.75, 3.05) is 0 Å². The number of nitrogens with zero attached hydrogens (tertiary/aromatic N) is 1. The summed E-state index contributed by atoms with van der Waals surface area (Å²) in [5.74, 6) is -0.120. The Labute approximate surface area is 184 Å². The average molecular weight is 439 g/mol. The van der Waals surface area contributed by atoms with Crippen LogP contribution in [-0.4, -0.2) is 24.9 Å². The van der Waals surface area contributed by atoms with Crippen LogP contribution in [0.3, 0.4) is 0 Å². The number of amides is 1. The number of rotatable bonds is 6. The van der Waals surface area contributed by atoms with E-state index >= 15 is 0 Å². The first-order valence-corrected chi connectivity index (χ1v) is 12.7. The zero-order valence-corrected chi connectivity index (χ0v) is 18.8. The lowest BCUT2D eigenvalue weighted by Crippen LogP contribution is -2.36. The predicted molar refractivity (Wildman–Crippen MR) is 124 cm³/mol. The van der Waals surface area contributed by atoms with Crippen LogP contribution in [0.4, 0.5) is 0 Å². The normalized spacial score (nSPS) is 15.6. The van der Waals surface area contributed by atoms with Crippen LogP contribution in [-0.2, 0) is 26.9 Å². The highest BCUT2D eigenvalue weighted by Crippen LogP contribution is 2.28. The molecule has 164 valence electrons. The van der Waals surface area contributed by atoms with Gasteiger partial charge in [-0.3, -0.25) is 4.79 Å². The fourth-order valence-electron chi connectivity index (χ4n) is 4.42. The minimum Gasteiger partial charge on any atom is -0.352 e. The van der Waals surface area contributed by atoms with Gasteiger partial charge in [-0.25, -0.2) is 8.42 Å². The monoisotopic (exact) mass is 438 g/mol. The molecule has 0 saturated heterocycles. The molecule has 1 fully saturated rings. The first-order valence-electron chi connectivity index (χ1n) is 11.1. The first-order chi connectivity index (χ1) is 14.9. The van der Waals surface area contributed by atoms with E-state index < -0.39 is 9.84 Å². The van der Waals surface area contributed by atoms with Gasteiger partial charge in [0.2, 0.25) is 5.91 Å². The van der Waals surface area contributed by atoms with Crippen molar-refractivity contribution in [2.24, 2.45) is 0 Å². The first kappa shape index (κ1) is 21.6. The molecule has 1 aromatic heterocycles. The molecular formula is C25H30N2O3S. The summed E-state index contributed by atoms with van der Waals surface area (Å²) in [6.07, 6.45) is 8.44. The third-order valence-corrected chi connectivity index (χ3v) is 7.81. The lowest BCUT2D eigenvalue weighted by atomic mass is 10.1. The fraction of sp³-hybridized carbons (Fsp3) is 0.400. The maximum Gasteiger partial charge on any atom is 0.240 e. The Balaban J connectivity index is 1.58. The number of nitrogens with one attached hydrogen (secondary N) is 1. The van der Waals surface area contributed by atoms with E-state index in [1.54, 1.807) is 10.8 Å². The van der Waals surface area contributed by atoms with Crippen molar-refractivity contribution < 1.29 is 13.2 Å². The van der Waals surface area contributed by atoms with Gasteiger partial charge in [-0.2, -0.15) is 0 Å². The van der Waals surface area contributed by atoms with Crippen molar-refractivity contribution in [2.45, 2.75) is 68.7 Å². The van der Waals surface area contributed by atoms with E-state index in [-0.39, 0.29) is 29.1 Å². The molecule has 6 heteroatoms. The summed E-state index contributed by atoms with van der Waals surface area (Å²) in [6, 6.07) is 15.2. The van der Waals surface area contributed by atoms with Crippen molar-refractivity contribution in [3.05, 3.63) is 65.9 Å². The van der Waals surface area contributed by atoms with Gasteiger partial charge in [0.1, 0.15) is 6.54 Å². The van der Waals surface area contributed by atoms with Gasteiger partial charge in [0.25, 0.3) is 0 Å². The largest absolute Gasteiger partial charge is 0.352 e. The second kappa shape index (κ2) is 9.27. The summed E-state index contributed by atoms with van der Waals surface area (Å²) in [7, 11) is -3.55. The highest BCUT2D eigenvalue weighted by Gasteiger charge is 2.23. The molecule has 1 aliphatic carbocycles. The number of aryl methyl sites for hydroxylation is 1. The van der Waals surface area contributed by atoms with E-state index in [1.807, 2.05) is 55.5 Å². The highest BCUT2D eigenvalue weighted by molar-refractivity contribution is 7.90. The summed E-state index contributed by atoms with van der Waals surface area (Å²) in [5.41, 5.74) is 2.62. The second-order valence-corrected chi connectivity index (χ2v) is 10.6. The van der Waals surface area contributed by atoms with Crippen molar-refractivity contribution in [3.8, 4) is 0 Å². The fourth-order valence-corrected chi connectivity index (χ4v) is 6.01. The Kier molecular flexibility index (Phi) is 6.46. The number of carbonyl (C=O) groups excluding carboxylic acids is 1. The Morgan fingerprint density at radius 3 is 2.39 bits per heavy atom. The van der Waals surface area contributed by atoms with Gasteiger partial charge >= 0.3 is 0 Å². The maximum absolute atomic E-state index is 13.2. The molecule has 5 nitrogen and oxygen atoms in total. The minimum atomic E-state index is -3.55. The van der Waals surface area contributed by atoms with Crippen LogP contribution in [0.15, 0.2) is 59.6 Å². The lowest BCUT2D eigenvalue weighted by Gasteiger charge is -2.16. The van der Waals surface area contributed by atoms with Gasteiger partial charge < -0.3 is 9.88 Å². The third kappa shape index (κ3) is 5.18. The summed E-state index contributed by atoms with van der Waals surface area (Å²) in [6.45, 7) is 2.10. The zero-order chi connectivity index (χ0) is 21.8. The number of aromatic nitrogens is 1. The molecule has 1 aliphatic rings. The van der Waals surface area contributed by atoms with E-state index in [0.717, 1.165) is 42.3 Å². The number of hydrogen-bond acceptors (Lipinski definition) is 3. The molecule has 1 N–H and O–H groups in total. The summed E-state index contributed by atoms with van der Waals surface area (Å²) in [4.78, 5) is 13.0. The molecule has 1 amide bonds. The Morgan fingerprint density at radius 1 is 1.00 bits per heavy atom. The standard InChI is InChI=1S/C25H30N2O3S/c1-19-12-14-20(15-13-19)18-31(29,30)24-16-27(23-11-7-6-10-22(23)24)17-25(28)26-21-8-4-2-3-5-9-21/h6-7,10-16,21H,2-5,8-9,17-18H2,1H3,(H,26,28). The van der Waals surface area contributed by atoms with Crippen LogP contribution in [0, 0.1) is 6.92 Å². The number of benzene rings is 2. The molecule has 31 heavy (non-hydrogen) atoms. The maximum atomic E-state index is 13.2. The molecule has 0 radical (unpaired) electrons. The SMILES string of the molecule is Cc1ccc(CS(=O)(=O)c2cn(CC(=O)NC3CCCCCC3)c3ccccc23)cc1. The van der Waals surface area contributed by atoms with Gasteiger partial charge in [0, 0.05) is 23.1 Å². The van der Waals surface area contributed by atoms with E-state index in [0.29, 0.717) is 5.39 Å². The van der Waals surface area contributed by atoms with Gasteiger partial charge in [-0.1, -0.05) is 73.7 Å². The quantitative estimate of drug-likeness (QED) is 0.564. The van der Waals surface area contributed by atoms with Crippen LogP contribution >= 0.6 is 0 Å². The summed E-state index contributed by atoms with van der Waals surface area (Å²) >= 11 is 0. The number of para-hydroxylation sites is 1. The summed E-state index contributed by atoms with van der Waals surface area (Å²) in [5, 5.41) is 3.82. The molecule has 1 heterocycles. The molecule has 2 aromatic carbocycles. The van der Waals surface area contributed by atoms with Gasteiger partial charge in [-0.05, 0) is 31.4 Å². The molecule has 0 unspecified atom stereocenters. The lowest BCUT2D eigenvalue weighted by molar-refractivity contribution is -0.122. The van der Waals surface area contributed by atoms with Crippen LogP contribution < -0.4 is 5.32 Å². The zero-order valence-electron chi connectivity index (χ0n) is 18.0. The molecule has 4 rings (SSSR count). The average Bonchev–Trinajstić information content (AvgIpc) is 2.91. The number of fused-ring (bicyclic) bond motifs is 1. The van der Waals surface area contributed by atoms with Crippen molar-refractivity contribution in [1.82, 2.24) is 9.88 Å². The molecule has 1 saturated carbocycles.